The SMILES string of the molecule is N=C(N)c1cc(F)c(SCC(O)CO)c(F)c1. The maximum absolute atomic E-state index is 13.5. The van der Waals surface area contributed by atoms with E-state index in [0.29, 0.717) is 0 Å². The summed E-state index contributed by atoms with van der Waals surface area (Å²) in [6, 6.07) is 1.91. The number of thioether (sulfide) groups is 1. The van der Waals surface area contributed by atoms with Crippen molar-refractivity contribution in [3.8, 4) is 0 Å². The Bertz CT molecular complexity index is 406. The van der Waals surface area contributed by atoms with Crippen LogP contribution in [0.3, 0.4) is 0 Å². The topological polar surface area (TPSA) is 90.3 Å². The fraction of sp³-hybridized carbons (Fsp3) is 0.300. The van der Waals surface area contributed by atoms with Crippen LogP contribution in [-0.4, -0.2) is 34.5 Å². The Morgan fingerprint density at radius 1 is 1.41 bits per heavy atom. The molecule has 4 nitrogen and oxygen atoms in total. The molecule has 0 saturated carbocycles. The lowest BCUT2D eigenvalue weighted by Crippen LogP contribution is -2.15. The van der Waals surface area contributed by atoms with Gasteiger partial charge in [-0.25, -0.2) is 8.78 Å². The quantitative estimate of drug-likeness (QED) is 0.357. The molecule has 1 rings (SSSR count). The second-order valence-corrected chi connectivity index (χ2v) is 4.36. The third kappa shape index (κ3) is 3.65. The molecule has 0 aliphatic carbocycles. The van der Waals surface area contributed by atoms with Gasteiger partial charge in [0.25, 0.3) is 0 Å². The molecule has 0 fully saturated rings. The predicted molar refractivity (Wildman–Crippen MR) is 61.2 cm³/mol. The molecule has 0 bridgehead atoms. The Balaban J connectivity index is 2.90. The summed E-state index contributed by atoms with van der Waals surface area (Å²) in [7, 11) is 0. The predicted octanol–water partition coefficient (Wildman–Crippen LogP) is 0.694. The maximum Gasteiger partial charge on any atom is 0.140 e. The molecule has 1 aromatic carbocycles. The molecule has 1 atom stereocenters. The molecule has 0 heterocycles. The van der Waals surface area contributed by atoms with E-state index in [9.17, 15) is 8.78 Å². The van der Waals surface area contributed by atoms with E-state index >= 15 is 0 Å². The number of nitrogens with two attached hydrogens (primary N) is 1. The lowest BCUT2D eigenvalue weighted by molar-refractivity contribution is 0.113. The largest absolute Gasteiger partial charge is 0.394 e. The van der Waals surface area contributed by atoms with Gasteiger partial charge in [0.1, 0.15) is 17.5 Å². The summed E-state index contributed by atoms with van der Waals surface area (Å²) < 4.78 is 26.9. The van der Waals surface area contributed by atoms with Crippen molar-refractivity contribution in [1.82, 2.24) is 0 Å². The molecule has 0 radical (unpaired) electrons. The van der Waals surface area contributed by atoms with Crippen molar-refractivity contribution in [1.29, 1.82) is 5.41 Å². The van der Waals surface area contributed by atoms with E-state index in [0.717, 1.165) is 23.9 Å². The molecule has 0 saturated heterocycles. The molecule has 7 heteroatoms. The number of nitrogens with one attached hydrogen (secondary N) is 1. The summed E-state index contributed by atoms with van der Waals surface area (Å²) in [6.07, 6.45) is -1.04. The number of aliphatic hydroxyl groups is 2. The van der Waals surface area contributed by atoms with Gasteiger partial charge >= 0.3 is 0 Å². The third-order valence-corrected chi connectivity index (χ3v) is 3.17. The number of aliphatic hydroxyl groups excluding tert-OH is 2. The first-order valence-corrected chi connectivity index (χ1v) is 5.69. The van der Waals surface area contributed by atoms with Crippen LogP contribution < -0.4 is 5.73 Å². The van der Waals surface area contributed by atoms with Gasteiger partial charge < -0.3 is 15.9 Å². The first-order chi connectivity index (χ1) is 7.95. The van der Waals surface area contributed by atoms with Crippen LogP contribution in [0.1, 0.15) is 5.56 Å². The van der Waals surface area contributed by atoms with Gasteiger partial charge in [-0.2, -0.15) is 0 Å². The number of amidine groups is 1. The number of nitrogen functional groups attached to an aromatic ring is 1. The summed E-state index contributed by atoms with van der Waals surface area (Å²) in [5.41, 5.74) is 5.08. The molecule has 0 aliphatic rings. The van der Waals surface area contributed by atoms with Crippen LogP contribution >= 0.6 is 11.8 Å². The van der Waals surface area contributed by atoms with E-state index in [2.05, 4.69) is 0 Å². The minimum atomic E-state index is -1.04. The third-order valence-electron chi connectivity index (χ3n) is 1.94. The molecular weight excluding hydrogens is 250 g/mol. The van der Waals surface area contributed by atoms with Crippen LogP contribution in [0.2, 0.25) is 0 Å². The van der Waals surface area contributed by atoms with E-state index < -0.39 is 30.2 Å². The Morgan fingerprint density at radius 3 is 2.35 bits per heavy atom. The maximum atomic E-state index is 13.5. The minimum absolute atomic E-state index is 0.0240. The van der Waals surface area contributed by atoms with Crippen molar-refractivity contribution >= 4 is 17.6 Å². The molecule has 5 N–H and O–H groups in total. The zero-order valence-electron chi connectivity index (χ0n) is 8.78. The lowest BCUT2D eigenvalue weighted by atomic mass is 10.2. The highest BCUT2D eigenvalue weighted by molar-refractivity contribution is 7.99. The average molecular weight is 262 g/mol. The zero-order valence-corrected chi connectivity index (χ0v) is 9.60. The van der Waals surface area contributed by atoms with E-state index in [4.69, 9.17) is 21.4 Å². The highest BCUT2D eigenvalue weighted by atomic mass is 32.2. The second kappa shape index (κ2) is 5.95. The zero-order chi connectivity index (χ0) is 13.0. The molecule has 0 spiro atoms. The number of rotatable bonds is 5. The normalized spacial score (nSPS) is 12.5. The first kappa shape index (κ1) is 13.9. The standard InChI is InChI=1S/C10H12F2N2O2S/c11-7-1-5(10(13)14)2-8(12)9(7)17-4-6(16)3-15/h1-2,6,15-16H,3-4H2,(H3,13,14). The summed E-state index contributed by atoms with van der Waals surface area (Å²) in [4.78, 5) is -0.262. The van der Waals surface area contributed by atoms with Crippen LogP contribution in [-0.2, 0) is 0 Å². The van der Waals surface area contributed by atoms with E-state index in [1.54, 1.807) is 0 Å². The van der Waals surface area contributed by atoms with Crippen molar-refractivity contribution in [2.75, 3.05) is 12.4 Å². The van der Waals surface area contributed by atoms with Gasteiger partial charge in [0.15, 0.2) is 0 Å². The molecule has 0 aliphatic heterocycles. The molecular formula is C10H12F2N2O2S. The molecule has 94 valence electrons. The van der Waals surface area contributed by atoms with Gasteiger partial charge in [0.2, 0.25) is 0 Å². The van der Waals surface area contributed by atoms with Crippen LogP contribution in [0, 0.1) is 17.0 Å². The Hall–Kier alpha value is -1.18. The van der Waals surface area contributed by atoms with Crippen LogP contribution in [0.25, 0.3) is 0 Å². The number of halogens is 2. The number of hydrogen-bond acceptors (Lipinski definition) is 4. The summed E-state index contributed by atoms with van der Waals surface area (Å²) in [6.45, 7) is -0.470. The van der Waals surface area contributed by atoms with Crippen molar-refractivity contribution in [2.24, 2.45) is 5.73 Å². The average Bonchev–Trinajstić information content (AvgIpc) is 2.27. The number of benzene rings is 1. The lowest BCUT2D eigenvalue weighted by Gasteiger charge is -2.09. The first-order valence-electron chi connectivity index (χ1n) is 4.71. The van der Waals surface area contributed by atoms with E-state index in [-0.39, 0.29) is 16.2 Å². The van der Waals surface area contributed by atoms with Gasteiger partial charge in [0, 0.05) is 11.3 Å². The van der Waals surface area contributed by atoms with Crippen LogP contribution in [0.15, 0.2) is 17.0 Å². The Kier molecular flexibility index (Phi) is 4.86. The second-order valence-electron chi connectivity index (χ2n) is 3.33. The van der Waals surface area contributed by atoms with Gasteiger partial charge in [-0.3, -0.25) is 5.41 Å². The van der Waals surface area contributed by atoms with Crippen molar-refractivity contribution in [3.05, 3.63) is 29.3 Å². The fourth-order valence-corrected chi connectivity index (χ4v) is 1.94. The van der Waals surface area contributed by atoms with Crippen molar-refractivity contribution < 1.29 is 19.0 Å². The molecule has 0 amide bonds. The molecule has 1 aromatic rings. The van der Waals surface area contributed by atoms with Gasteiger partial charge in [-0.1, -0.05) is 0 Å². The monoisotopic (exact) mass is 262 g/mol. The molecule has 1 unspecified atom stereocenters. The van der Waals surface area contributed by atoms with Crippen molar-refractivity contribution in [3.63, 3.8) is 0 Å². The Morgan fingerprint density at radius 2 is 1.94 bits per heavy atom. The highest BCUT2D eigenvalue weighted by Gasteiger charge is 2.14. The van der Waals surface area contributed by atoms with Gasteiger partial charge in [-0.05, 0) is 12.1 Å². The minimum Gasteiger partial charge on any atom is -0.394 e. The fourth-order valence-electron chi connectivity index (χ4n) is 1.09. The highest BCUT2D eigenvalue weighted by Crippen LogP contribution is 2.26. The van der Waals surface area contributed by atoms with Gasteiger partial charge in [-0.15, -0.1) is 11.8 Å². The van der Waals surface area contributed by atoms with Crippen LogP contribution in [0.5, 0.6) is 0 Å². The smallest absolute Gasteiger partial charge is 0.140 e. The van der Waals surface area contributed by atoms with E-state index in [1.165, 1.54) is 0 Å². The summed E-state index contributed by atoms with van der Waals surface area (Å²) in [5.74, 6) is -2.13. The summed E-state index contributed by atoms with van der Waals surface area (Å²) >= 11 is 0.755. The van der Waals surface area contributed by atoms with Crippen molar-refractivity contribution in [2.45, 2.75) is 11.0 Å². The van der Waals surface area contributed by atoms with E-state index in [1.807, 2.05) is 0 Å². The molecule has 17 heavy (non-hydrogen) atoms. The molecule has 0 aromatic heterocycles. The Labute approximate surface area is 101 Å². The van der Waals surface area contributed by atoms with Gasteiger partial charge in [0.05, 0.1) is 17.6 Å². The summed E-state index contributed by atoms with van der Waals surface area (Å²) in [5, 5.41) is 24.7. The number of hydrogen-bond donors (Lipinski definition) is 4. The van der Waals surface area contributed by atoms with Crippen LogP contribution in [0.4, 0.5) is 8.78 Å².